The van der Waals surface area contributed by atoms with E-state index in [9.17, 15) is 35.9 Å². The molecule has 2 amide bonds. The lowest BCUT2D eigenvalue weighted by Crippen LogP contribution is -2.41. The molecule has 0 spiro atoms. The Bertz CT molecular complexity index is 771. The molecule has 3 unspecified atom stereocenters. The molecule has 26 heavy (non-hydrogen) atoms. The van der Waals surface area contributed by atoms with Crippen LogP contribution in [-0.4, -0.2) is 24.2 Å². The number of alkyl halides is 6. The van der Waals surface area contributed by atoms with E-state index < -0.39 is 24.2 Å². The van der Waals surface area contributed by atoms with Gasteiger partial charge < -0.3 is 10.6 Å². The van der Waals surface area contributed by atoms with Gasteiger partial charge in [0.15, 0.2) is 0 Å². The molecule has 1 aromatic carbocycles. The van der Waals surface area contributed by atoms with Crippen molar-refractivity contribution in [1.29, 1.82) is 0 Å². The van der Waals surface area contributed by atoms with Gasteiger partial charge in [0.25, 0.3) is 0 Å². The van der Waals surface area contributed by atoms with Crippen molar-refractivity contribution in [3.05, 3.63) is 23.3 Å². The molecule has 3 aliphatic rings. The first-order chi connectivity index (χ1) is 11.9. The summed E-state index contributed by atoms with van der Waals surface area (Å²) < 4.78 is 75.1. The average Bonchev–Trinajstić information content (AvgIpc) is 2.53. The Morgan fingerprint density at radius 3 is 1.96 bits per heavy atom. The van der Waals surface area contributed by atoms with Gasteiger partial charge in [-0.25, -0.2) is 0 Å². The van der Waals surface area contributed by atoms with E-state index in [2.05, 4.69) is 0 Å². The maximum absolute atomic E-state index is 12.5. The fraction of sp³-hybridized carbons (Fsp3) is 0.500. The van der Waals surface area contributed by atoms with Gasteiger partial charge in [-0.3, -0.25) is 9.59 Å². The number of anilines is 2. The zero-order valence-electron chi connectivity index (χ0n) is 13.4. The second kappa shape index (κ2) is 5.88. The van der Waals surface area contributed by atoms with E-state index in [-0.39, 0.29) is 29.1 Å². The maximum atomic E-state index is 12.5. The summed E-state index contributed by atoms with van der Waals surface area (Å²) >= 11 is 0. The van der Waals surface area contributed by atoms with Crippen molar-refractivity contribution in [1.82, 2.24) is 0 Å². The molecule has 4 nitrogen and oxygen atoms in total. The smallest absolute Gasteiger partial charge is 0.318 e. The Labute approximate surface area is 143 Å². The fourth-order valence-electron chi connectivity index (χ4n) is 3.72. The van der Waals surface area contributed by atoms with Crippen LogP contribution < -0.4 is 10.6 Å². The van der Waals surface area contributed by atoms with Gasteiger partial charge in [-0.15, -0.1) is 0 Å². The SMILES string of the molecule is CC1C2Cc3c(NC(=O)C(F)(F)F)ccc(NC(=O)C(F)(F)F)c3C1C2. The van der Waals surface area contributed by atoms with Crippen LogP contribution in [-0.2, 0) is 16.0 Å². The summed E-state index contributed by atoms with van der Waals surface area (Å²) in [6.07, 6.45) is -9.16. The minimum absolute atomic E-state index is 0.0812. The minimum Gasteiger partial charge on any atom is -0.318 e. The number of nitrogens with one attached hydrogen (secondary N) is 2. The molecule has 0 heterocycles. The van der Waals surface area contributed by atoms with Crippen LogP contribution in [0.4, 0.5) is 37.7 Å². The molecule has 0 aliphatic heterocycles. The topological polar surface area (TPSA) is 58.2 Å². The highest BCUT2D eigenvalue weighted by Crippen LogP contribution is 2.57. The summed E-state index contributed by atoms with van der Waals surface area (Å²) in [5.74, 6) is -4.16. The van der Waals surface area contributed by atoms with Crippen molar-refractivity contribution >= 4 is 23.2 Å². The number of carbonyl (C=O) groups is 2. The normalized spacial score (nSPS) is 24.3. The van der Waals surface area contributed by atoms with Crippen molar-refractivity contribution in [3.8, 4) is 0 Å². The van der Waals surface area contributed by atoms with Gasteiger partial charge in [-0.1, -0.05) is 6.92 Å². The molecular formula is C16H14F6N2O2. The molecule has 142 valence electrons. The number of amides is 2. The molecule has 1 saturated carbocycles. The van der Waals surface area contributed by atoms with Gasteiger partial charge in [0.05, 0.1) is 0 Å². The molecule has 3 atom stereocenters. The third-order valence-corrected chi connectivity index (χ3v) is 5.14. The van der Waals surface area contributed by atoms with E-state index >= 15 is 0 Å². The Hall–Kier alpha value is -2.26. The first-order valence-corrected chi connectivity index (χ1v) is 7.81. The van der Waals surface area contributed by atoms with E-state index in [1.807, 2.05) is 6.92 Å². The van der Waals surface area contributed by atoms with E-state index in [0.29, 0.717) is 24.0 Å². The zero-order chi connectivity index (χ0) is 19.4. The highest BCUT2D eigenvalue weighted by Gasteiger charge is 2.47. The Kier molecular flexibility index (Phi) is 4.19. The standard InChI is InChI=1S/C16H14F6N2O2/c1-6-7-4-8(6)12-9(5-7)10(23-13(25)15(17,18)19)2-3-11(12)24-14(26)16(20,21)22/h2-3,6-8H,4-5H2,1H3,(H,23,25)(H,24,26). The highest BCUT2D eigenvalue weighted by atomic mass is 19.4. The lowest BCUT2D eigenvalue weighted by molar-refractivity contribution is -0.167. The number of hydrogen-bond donors (Lipinski definition) is 2. The van der Waals surface area contributed by atoms with Crippen LogP contribution in [0.5, 0.6) is 0 Å². The lowest BCUT2D eigenvalue weighted by Gasteiger charge is -2.50. The van der Waals surface area contributed by atoms with Gasteiger partial charge in [0, 0.05) is 11.4 Å². The lowest BCUT2D eigenvalue weighted by atomic mass is 9.55. The van der Waals surface area contributed by atoms with Gasteiger partial charge >= 0.3 is 24.2 Å². The quantitative estimate of drug-likeness (QED) is 0.763. The zero-order valence-corrected chi connectivity index (χ0v) is 13.4. The number of hydrogen-bond acceptors (Lipinski definition) is 2. The third kappa shape index (κ3) is 3.12. The Balaban J connectivity index is 1.99. The summed E-state index contributed by atoms with van der Waals surface area (Å²) in [6, 6.07) is 2.18. The molecule has 2 bridgehead atoms. The van der Waals surface area contributed by atoms with Crippen LogP contribution in [0.3, 0.4) is 0 Å². The molecule has 10 heteroatoms. The van der Waals surface area contributed by atoms with Crippen molar-refractivity contribution < 1.29 is 35.9 Å². The van der Waals surface area contributed by atoms with Gasteiger partial charge in [0.1, 0.15) is 0 Å². The maximum Gasteiger partial charge on any atom is 0.471 e. The fourth-order valence-corrected chi connectivity index (χ4v) is 3.72. The number of carbonyl (C=O) groups excluding carboxylic acids is 2. The molecule has 0 radical (unpaired) electrons. The number of benzene rings is 1. The summed E-state index contributed by atoms with van der Waals surface area (Å²) in [5, 5.41) is 3.58. The predicted molar refractivity (Wildman–Crippen MR) is 79.5 cm³/mol. The monoisotopic (exact) mass is 380 g/mol. The van der Waals surface area contributed by atoms with E-state index in [4.69, 9.17) is 0 Å². The van der Waals surface area contributed by atoms with E-state index in [1.54, 1.807) is 10.6 Å². The predicted octanol–water partition coefficient (Wildman–Crippen LogP) is 3.98. The van der Waals surface area contributed by atoms with Gasteiger partial charge in [0.2, 0.25) is 0 Å². The van der Waals surface area contributed by atoms with Crippen molar-refractivity contribution in [2.24, 2.45) is 11.8 Å². The van der Waals surface area contributed by atoms with Crippen LogP contribution in [0.25, 0.3) is 0 Å². The molecular weight excluding hydrogens is 366 g/mol. The van der Waals surface area contributed by atoms with Crippen LogP contribution in [0, 0.1) is 11.8 Å². The molecule has 3 aliphatic carbocycles. The van der Waals surface area contributed by atoms with Crippen molar-refractivity contribution in [2.45, 2.75) is 38.0 Å². The Morgan fingerprint density at radius 1 is 0.962 bits per heavy atom. The van der Waals surface area contributed by atoms with Crippen molar-refractivity contribution in [2.75, 3.05) is 10.6 Å². The van der Waals surface area contributed by atoms with E-state index in [1.165, 1.54) is 0 Å². The van der Waals surface area contributed by atoms with Crippen LogP contribution in [0.1, 0.15) is 30.4 Å². The summed E-state index contributed by atoms with van der Waals surface area (Å²) in [5.41, 5.74) is 0.552. The van der Waals surface area contributed by atoms with Gasteiger partial charge in [-0.05, 0) is 53.9 Å². The summed E-state index contributed by atoms with van der Waals surface area (Å²) in [7, 11) is 0. The minimum atomic E-state index is -5.08. The second-order valence-electron chi connectivity index (χ2n) is 6.62. The second-order valence-corrected chi connectivity index (χ2v) is 6.62. The average molecular weight is 380 g/mol. The van der Waals surface area contributed by atoms with Crippen molar-refractivity contribution in [3.63, 3.8) is 0 Å². The summed E-state index contributed by atoms with van der Waals surface area (Å²) in [6.45, 7) is 1.90. The first-order valence-electron chi connectivity index (χ1n) is 7.81. The highest BCUT2D eigenvalue weighted by molar-refractivity contribution is 5.98. The Morgan fingerprint density at radius 2 is 1.46 bits per heavy atom. The molecule has 4 rings (SSSR count). The van der Waals surface area contributed by atoms with Crippen LogP contribution in [0.2, 0.25) is 0 Å². The summed E-state index contributed by atoms with van der Waals surface area (Å²) in [4.78, 5) is 22.5. The van der Waals surface area contributed by atoms with E-state index in [0.717, 1.165) is 12.1 Å². The molecule has 2 N–H and O–H groups in total. The third-order valence-electron chi connectivity index (χ3n) is 5.14. The first kappa shape index (κ1) is 18.5. The van der Waals surface area contributed by atoms with Gasteiger partial charge in [-0.2, -0.15) is 26.3 Å². The largest absolute Gasteiger partial charge is 0.471 e. The van der Waals surface area contributed by atoms with Crippen LogP contribution in [0.15, 0.2) is 12.1 Å². The van der Waals surface area contributed by atoms with Crippen LogP contribution >= 0.6 is 0 Å². The molecule has 0 aromatic heterocycles. The number of halogens is 6. The number of rotatable bonds is 2. The molecule has 0 saturated heterocycles. The molecule has 1 aromatic rings. The molecule has 1 fully saturated rings.